The number of guanidine groups is 1. The highest BCUT2D eigenvalue weighted by Crippen LogP contribution is 2.14. The fourth-order valence-electron chi connectivity index (χ4n) is 2.80. The van der Waals surface area contributed by atoms with Crippen molar-refractivity contribution in [2.24, 2.45) is 4.99 Å². The Morgan fingerprint density at radius 1 is 1.19 bits per heavy atom. The van der Waals surface area contributed by atoms with Crippen LogP contribution in [0.4, 0.5) is 0 Å². The van der Waals surface area contributed by atoms with Gasteiger partial charge in [0.1, 0.15) is 5.76 Å². The maximum Gasteiger partial charge on any atom is 0.191 e. The van der Waals surface area contributed by atoms with Crippen molar-refractivity contribution in [3.8, 4) is 0 Å². The fraction of sp³-hybridized carbons (Fsp3) is 0.381. The SMILES string of the molecule is CCC(C)NC(=NCCc1ccco1)NCCc1cc2ccccc2[nH]1. The zero-order chi connectivity index (χ0) is 18.2. The zero-order valence-corrected chi connectivity index (χ0v) is 15.6. The van der Waals surface area contributed by atoms with Gasteiger partial charge in [0, 0.05) is 43.2 Å². The topological polar surface area (TPSA) is 65.3 Å². The van der Waals surface area contributed by atoms with Gasteiger partial charge in [-0.3, -0.25) is 4.99 Å². The van der Waals surface area contributed by atoms with E-state index in [9.17, 15) is 0 Å². The number of benzene rings is 1. The van der Waals surface area contributed by atoms with Crippen LogP contribution in [0.1, 0.15) is 31.7 Å². The summed E-state index contributed by atoms with van der Waals surface area (Å²) in [6.07, 6.45) is 4.49. The van der Waals surface area contributed by atoms with Crippen LogP contribution in [0.5, 0.6) is 0 Å². The molecule has 0 radical (unpaired) electrons. The molecule has 0 aliphatic rings. The summed E-state index contributed by atoms with van der Waals surface area (Å²) < 4.78 is 5.37. The smallest absolute Gasteiger partial charge is 0.191 e. The molecule has 1 atom stereocenters. The predicted octanol–water partition coefficient (Wildman–Crippen LogP) is 3.88. The van der Waals surface area contributed by atoms with Crippen LogP contribution in [-0.2, 0) is 12.8 Å². The van der Waals surface area contributed by atoms with Crippen molar-refractivity contribution in [3.63, 3.8) is 0 Å². The van der Waals surface area contributed by atoms with Gasteiger partial charge in [-0.15, -0.1) is 0 Å². The Hall–Kier alpha value is -2.69. The van der Waals surface area contributed by atoms with Crippen molar-refractivity contribution in [1.82, 2.24) is 15.6 Å². The van der Waals surface area contributed by atoms with Gasteiger partial charge in [-0.2, -0.15) is 0 Å². The van der Waals surface area contributed by atoms with Crippen molar-refractivity contribution in [2.45, 2.75) is 39.2 Å². The van der Waals surface area contributed by atoms with Crippen LogP contribution in [0.2, 0.25) is 0 Å². The number of para-hydroxylation sites is 1. The van der Waals surface area contributed by atoms with E-state index in [1.807, 2.05) is 12.1 Å². The average molecular weight is 352 g/mol. The molecule has 1 unspecified atom stereocenters. The number of furan rings is 1. The summed E-state index contributed by atoms with van der Waals surface area (Å²) in [6, 6.07) is 14.9. The molecule has 0 amide bonds. The summed E-state index contributed by atoms with van der Waals surface area (Å²) >= 11 is 0. The molecular formula is C21H28N4O. The first-order valence-electron chi connectivity index (χ1n) is 9.38. The van der Waals surface area contributed by atoms with E-state index in [0.717, 1.165) is 37.5 Å². The number of H-pyrrole nitrogens is 1. The molecule has 2 aromatic heterocycles. The van der Waals surface area contributed by atoms with Gasteiger partial charge in [0.2, 0.25) is 0 Å². The monoisotopic (exact) mass is 352 g/mol. The van der Waals surface area contributed by atoms with Gasteiger partial charge >= 0.3 is 0 Å². The molecule has 138 valence electrons. The minimum Gasteiger partial charge on any atom is -0.469 e. The van der Waals surface area contributed by atoms with E-state index < -0.39 is 0 Å². The Bertz CT molecular complexity index is 787. The molecule has 26 heavy (non-hydrogen) atoms. The predicted molar refractivity (Wildman–Crippen MR) is 108 cm³/mol. The minimum absolute atomic E-state index is 0.387. The second-order valence-corrected chi connectivity index (χ2v) is 6.57. The number of hydrogen-bond donors (Lipinski definition) is 3. The number of aliphatic imine (C=N–C) groups is 1. The molecule has 5 nitrogen and oxygen atoms in total. The van der Waals surface area contributed by atoms with Crippen LogP contribution in [-0.4, -0.2) is 30.1 Å². The first-order chi connectivity index (χ1) is 12.7. The molecule has 1 aromatic carbocycles. The Morgan fingerprint density at radius 3 is 2.85 bits per heavy atom. The van der Waals surface area contributed by atoms with Gasteiger partial charge in [0.25, 0.3) is 0 Å². The van der Waals surface area contributed by atoms with Gasteiger partial charge in [0.15, 0.2) is 5.96 Å². The van der Waals surface area contributed by atoms with E-state index in [-0.39, 0.29) is 0 Å². The number of hydrogen-bond acceptors (Lipinski definition) is 2. The van der Waals surface area contributed by atoms with E-state index in [4.69, 9.17) is 4.42 Å². The van der Waals surface area contributed by atoms with Crippen molar-refractivity contribution in [1.29, 1.82) is 0 Å². The third-order valence-corrected chi connectivity index (χ3v) is 4.48. The fourth-order valence-corrected chi connectivity index (χ4v) is 2.80. The normalized spacial score (nSPS) is 13.1. The number of nitrogens with one attached hydrogen (secondary N) is 3. The Balaban J connectivity index is 1.53. The Labute approximate surface area is 154 Å². The summed E-state index contributed by atoms with van der Waals surface area (Å²) in [7, 11) is 0. The molecule has 0 spiro atoms. The number of aromatic nitrogens is 1. The summed E-state index contributed by atoms with van der Waals surface area (Å²) in [5, 5.41) is 8.16. The van der Waals surface area contributed by atoms with Crippen LogP contribution < -0.4 is 10.6 Å². The van der Waals surface area contributed by atoms with E-state index in [0.29, 0.717) is 12.6 Å². The number of fused-ring (bicyclic) bond motifs is 1. The van der Waals surface area contributed by atoms with Crippen LogP contribution in [0.3, 0.4) is 0 Å². The van der Waals surface area contributed by atoms with Crippen LogP contribution >= 0.6 is 0 Å². The van der Waals surface area contributed by atoms with E-state index in [1.54, 1.807) is 6.26 Å². The zero-order valence-electron chi connectivity index (χ0n) is 15.6. The largest absolute Gasteiger partial charge is 0.469 e. The third-order valence-electron chi connectivity index (χ3n) is 4.48. The number of nitrogens with zero attached hydrogens (tertiary/aromatic N) is 1. The first-order valence-corrected chi connectivity index (χ1v) is 9.38. The molecule has 3 rings (SSSR count). The van der Waals surface area contributed by atoms with Gasteiger partial charge in [-0.05, 0) is 43.0 Å². The maximum absolute atomic E-state index is 5.37. The molecule has 2 heterocycles. The van der Waals surface area contributed by atoms with Gasteiger partial charge < -0.3 is 20.0 Å². The quantitative estimate of drug-likeness (QED) is 0.426. The lowest BCUT2D eigenvalue weighted by Gasteiger charge is -2.17. The number of rotatable bonds is 8. The van der Waals surface area contributed by atoms with Gasteiger partial charge in [0.05, 0.1) is 6.26 Å². The summed E-state index contributed by atoms with van der Waals surface area (Å²) in [4.78, 5) is 8.15. The third kappa shape index (κ3) is 5.15. The van der Waals surface area contributed by atoms with Crippen molar-refractivity contribution in [3.05, 3.63) is 60.2 Å². The van der Waals surface area contributed by atoms with Gasteiger partial charge in [-0.1, -0.05) is 25.1 Å². The molecular weight excluding hydrogens is 324 g/mol. The lowest BCUT2D eigenvalue weighted by atomic mass is 10.2. The lowest BCUT2D eigenvalue weighted by Crippen LogP contribution is -2.43. The van der Waals surface area contributed by atoms with Crippen LogP contribution in [0.15, 0.2) is 58.1 Å². The molecule has 0 fully saturated rings. The summed E-state index contributed by atoms with van der Waals surface area (Å²) in [6.45, 7) is 5.87. The van der Waals surface area contributed by atoms with Gasteiger partial charge in [-0.25, -0.2) is 0 Å². The molecule has 0 bridgehead atoms. The second-order valence-electron chi connectivity index (χ2n) is 6.57. The summed E-state index contributed by atoms with van der Waals surface area (Å²) in [5.74, 6) is 1.83. The highest BCUT2D eigenvalue weighted by atomic mass is 16.3. The lowest BCUT2D eigenvalue weighted by molar-refractivity contribution is 0.510. The molecule has 0 saturated carbocycles. The van der Waals surface area contributed by atoms with Crippen LogP contribution in [0.25, 0.3) is 10.9 Å². The number of aromatic amines is 1. The standard InChI is InChI=1S/C21H28N4O/c1-3-16(2)24-21(23-13-11-19-8-6-14-26-19)22-12-10-18-15-17-7-4-5-9-20(17)25-18/h4-9,14-16,25H,3,10-13H2,1-2H3,(H2,22,23,24). The van der Waals surface area contributed by atoms with Crippen molar-refractivity contribution < 1.29 is 4.42 Å². The first kappa shape index (κ1) is 18.1. The molecule has 0 aliphatic heterocycles. The van der Waals surface area contributed by atoms with Crippen molar-refractivity contribution in [2.75, 3.05) is 13.1 Å². The molecule has 0 saturated heterocycles. The molecule has 0 aliphatic carbocycles. The Morgan fingerprint density at radius 2 is 2.08 bits per heavy atom. The second kappa shape index (κ2) is 9.13. The maximum atomic E-state index is 5.37. The van der Waals surface area contributed by atoms with Crippen molar-refractivity contribution >= 4 is 16.9 Å². The molecule has 3 aromatic rings. The van der Waals surface area contributed by atoms with E-state index >= 15 is 0 Å². The molecule has 3 N–H and O–H groups in total. The highest BCUT2D eigenvalue weighted by Gasteiger charge is 2.05. The average Bonchev–Trinajstić information content (AvgIpc) is 3.30. The van der Waals surface area contributed by atoms with E-state index in [2.05, 4.69) is 64.8 Å². The molecule has 5 heteroatoms. The Kier molecular flexibility index (Phi) is 6.36. The van der Waals surface area contributed by atoms with Crippen LogP contribution in [0, 0.1) is 0 Å². The summed E-state index contributed by atoms with van der Waals surface area (Å²) in [5.41, 5.74) is 2.42. The minimum atomic E-state index is 0.387. The van der Waals surface area contributed by atoms with E-state index in [1.165, 1.54) is 16.6 Å². The highest BCUT2D eigenvalue weighted by molar-refractivity contribution is 5.81.